The first-order valence-electron chi connectivity index (χ1n) is 6.05. The van der Waals surface area contributed by atoms with Gasteiger partial charge >= 0.3 is 5.63 Å². The first-order valence-corrected chi connectivity index (χ1v) is 6.85. The third kappa shape index (κ3) is 2.56. The Kier molecular flexibility index (Phi) is 3.48. The van der Waals surface area contributed by atoms with E-state index < -0.39 is 5.63 Å². The Labute approximate surface area is 123 Å². The SMILES string of the molecule is O=c1cc(N=Cc2ccccc2Br)c2ccccc2o1. The summed E-state index contributed by atoms with van der Waals surface area (Å²) in [5.74, 6) is 0. The molecule has 20 heavy (non-hydrogen) atoms. The number of para-hydroxylation sites is 1. The highest BCUT2D eigenvalue weighted by Crippen LogP contribution is 2.24. The van der Waals surface area contributed by atoms with Crippen molar-refractivity contribution in [2.45, 2.75) is 0 Å². The maximum absolute atomic E-state index is 11.5. The number of aliphatic imine (C=N–C) groups is 1. The van der Waals surface area contributed by atoms with Crippen LogP contribution < -0.4 is 5.63 Å². The van der Waals surface area contributed by atoms with E-state index in [4.69, 9.17) is 4.42 Å². The zero-order valence-electron chi connectivity index (χ0n) is 10.4. The zero-order valence-corrected chi connectivity index (χ0v) is 12.0. The van der Waals surface area contributed by atoms with Gasteiger partial charge in [-0.1, -0.05) is 46.3 Å². The van der Waals surface area contributed by atoms with E-state index in [9.17, 15) is 4.79 Å². The van der Waals surface area contributed by atoms with Crippen LogP contribution in [0.1, 0.15) is 5.56 Å². The molecule has 0 amide bonds. The molecule has 0 N–H and O–H groups in total. The van der Waals surface area contributed by atoms with Gasteiger partial charge in [0.05, 0.1) is 11.8 Å². The number of hydrogen-bond donors (Lipinski definition) is 0. The van der Waals surface area contributed by atoms with Gasteiger partial charge in [0.1, 0.15) is 5.58 Å². The average molecular weight is 328 g/mol. The van der Waals surface area contributed by atoms with Crippen LogP contribution in [-0.2, 0) is 0 Å². The van der Waals surface area contributed by atoms with Crippen molar-refractivity contribution in [3.63, 3.8) is 0 Å². The van der Waals surface area contributed by atoms with Gasteiger partial charge in [0.25, 0.3) is 0 Å². The second-order valence-corrected chi connectivity index (χ2v) is 5.08. The molecule has 3 nitrogen and oxygen atoms in total. The molecule has 2 aromatic carbocycles. The molecule has 1 heterocycles. The number of hydrogen-bond acceptors (Lipinski definition) is 3. The van der Waals surface area contributed by atoms with E-state index in [1.54, 1.807) is 12.3 Å². The summed E-state index contributed by atoms with van der Waals surface area (Å²) in [5.41, 5.74) is 1.69. The van der Waals surface area contributed by atoms with Gasteiger partial charge in [-0.2, -0.15) is 0 Å². The summed E-state index contributed by atoms with van der Waals surface area (Å²) in [6.45, 7) is 0. The number of benzene rings is 2. The van der Waals surface area contributed by atoms with E-state index >= 15 is 0 Å². The second-order valence-electron chi connectivity index (χ2n) is 4.23. The van der Waals surface area contributed by atoms with Crippen molar-refractivity contribution >= 4 is 38.8 Å². The molecule has 0 saturated carbocycles. The Bertz CT molecular complexity index is 852. The molecule has 4 heteroatoms. The minimum atomic E-state index is -0.400. The summed E-state index contributed by atoms with van der Waals surface area (Å²) in [5, 5.41) is 0.815. The minimum absolute atomic E-state index is 0.400. The van der Waals surface area contributed by atoms with Crippen LogP contribution in [0, 0.1) is 0 Å². The fourth-order valence-electron chi connectivity index (χ4n) is 1.92. The molecule has 0 aliphatic carbocycles. The lowest BCUT2D eigenvalue weighted by Crippen LogP contribution is -1.95. The lowest BCUT2D eigenvalue weighted by atomic mass is 10.2. The first kappa shape index (κ1) is 12.8. The van der Waals surface area contributed by atoms with Gasteiger partial charge in [-0.15, -0.1) is 0 Å². The summed E-state index contributed by atoms with van der Waals surface area (Å²) in [4.78, 5) is 15.9. The Balaban J connectivity index is 2.11. The first-order chi connectivity index (χ1) is 9.74. The normalized spacial score (nSPS) is 11.2. The topological polar surface area (TPSA) is 42.6 Å². The lowest BCUT2D eigenvalue weighted by Gasteiger charge is -2.00. The largest absolute Gasteiger partial charge is 0.423 e. The molecule has 0 radical (unpaired) electrons. The van der Waals surface area contributed by atoms with Gasteiger partial charge in [-0.3, -0.25) is 4.99 Å². The highest BCUT2D eigenvalue weighted by Gasteiger charge is 2.03. The van der Waals surface area contributed by atoms with Crippen molar-refractivity contribution in [2.24, 2.45) is 4.99 Å². The summed E-state index contributed by atoms with van der Waals surface area (Å²) in [6.07, 6.45) is 1.73. The molecular formula is C16H10BrNO2. The maximum atomic E-state index is 11.5. The van der Waals surface area contributed by atoms with E-state index in [1.807, 2.05) is 42.5 Å². The number of nitrogens with zero attached hydrogens (tertiary/aromatic N) is 1. The van der Waals surface area contributed by atoms with Gasteiger partial charge < -0.3 is 4.42 Å². The molecule has 0 unspecified atom stereocenters. The summed E-state index contributed by atoms with van der Waals surface area (Å²) >= 11 is 3.46. The molecule has 0 atom stereocenters. The predicted octanol–water partition coefficient (Wildman–Crippen LogP) is 4.31. The second kappa shape index (κ2) is 5.43. The molecule has 0 aliphatic rings. The Morgan fingerprint density at radius 1 is 1.05 bits per heavy atom. The summed E-state index contributed by atoms with van der Waals surface area (Å²) in [7, 11) is 0. The number of halogens is 1. The van der Waals surface area contributed by atoms with Crippen molar-refractivity contribution in [2.75, 3.05) is 0 Å². The van der Waals surface area contributed by atoms with Crippen LogP contribution in [0.15, 0.2) is 73.3 Å². The molecule has 3 rings (SSSR count). The number of fused-ring (bicyclic) bond motifs is 1. The van der Waals surface area contributed by atoms with Crippen molar-refractivity contribution in [3.8, 4) is 0 Å². The summed E-state index contributed by atoms with van der Waals surface area (Å²) < 4.78 is 6.09. The van der Waals surface area contributed by atoms with Gasteiger partial charge in [0, 0.05) is 21.6 Å². The van der Waals surface area contributed by atoms with E-state index in [0.717, 1.165) is 15.4 Å². The maximum Gasteiger partial charge on any atom is 0.338 e. The van der Waals surface area contributed by atoms with E-state index in [0.29, 0.717) is 11.3 Å². The fraction of sp³-hybridized carbons (Fsp3) is 0. The van der Waals surface area contributed by atoms with Crippen molar-refractivity contribution in [1.29, 1.82) is 0 Å². The van der Waals surface area contributed by atoms with Crippen LogP contribution in [0.4, 0.5) is 5.69 Å². The van der Waals surface area contributed by atoms with Crippen LogP contribution in [-0.4, -0.2) is 6.21 Å². The molecule has 1 aromatic heterocycles. The van der Waals surface area contributed by atoms with Gasteiger partial charge in [-0.05, 0) is 18.2 Å². The van der Waals surface area contributed by atoms with E-state index in [-0.39, 0.29) is 0 Å². The smallest absolute Gasteiger partial charge is 0.338 e. The van der Waals surface area contributed by atoms with E-state index in [2.05, 4.69) is 20.9 Å². The molecule has 3 aromatic rings. The van der Waals surface area contributed by atoms with Gasteiger partial charge in [0.15, 0.2) is 0 Å². The van der Waals surface area contributed by atoms with Gasteiger partial charge in [-0.25, -0.2) is 4.79 Å². The summed E-state index contributed by atoms with van der Waals surface area (Å²) in [6, 6.07) is 16.5. The highest BCUT2D eigenvalue weighted by atomic mass is 79.9. The fourth-order valence-corrected chi connectivity index (χ4v) is 2.31. The molecule has 0 spiro atoms. The lowest BCUT2D eigenvalue weighted by molar-refractivity contribution is 0.561. The monoisotopic (exact) mass is 327 g/mol. The molecule has 0 saturated heterocycles. The predicted molar refractivity (Wildman–Crippen MR) is 83.9 cm³/mol. The quantitative estimate of drug-likeness (QED) is 0.520. The van der Waals surface area contributed by atoms with Gasteiger partial charge in [0.2, 0.25) is 0 Å². The van der Waals surface area contributed by atoms with Crippen LogP contribution >= 0.6 is 15.9 Å². The molecular weight excluding hydrogens is 318 g/mol. The van der Waals surface area contributed by atoms with E-state index in [1.165, 1.54) is 6.07 Å². The van der Waals surface area contributed by atoms with Crippen molar-refractivity contribution in [1.82, 2.24) is 0 Å². The Morgan fingerprint density at radius 2 is 1.80 bits per heavy atom. The molecule has 0 fully saturated rings. The molecule has 0 aliphatic heterocycles. The van der Waals surface area contributed by atoms with Crippen molar-refractivity contribution in [3.05, 3.63) is 75.1 Å². The standard InChI is InChI=1S/C16H10BrNO2/c17-13-7-3-1-5-11(13)10-18-14-9-16(19)20-15-8-4-2-6-12(14)15/h1-10H. The van der Waals surface area contributed by atoms with Crippen LogP contribution in [0.2, 0.25) is 0 Å². The highest BCUT2D eigenvalue weighted by molar-refractivity contribution is 9.10. The third-order valence-electron chi connectivity index (χ3n) is 2.88. The molecule has 98 valence electrons. The zero-order chi connectivity index (χ0) is 13.9. The Hall–Kier alpha value is -2.20. The van der Waals surface area contributed by atoms with Crippen LogP contribution in [0.25, 0.3) is 11.0 Å². The Morgan fingerprint density at radius 3 is 2.65 bits per heavy atom. The van der Waals surface area contributed by atoms with Crippen molar-refractivity contribution < 1.29 is 4.42 Å². The third-order valence-corrected chi connectivity index (χ3v) is 3.60. The average Bonchev–Trinajstić information content (AvgIpc) is 2.46. The van der Waals surface area contributed by atoms with Crippen LogP contribution in [0.5, 0.6) is 0 Å². The molecule has 0 bridgehead atoms. The van der Waals surface area contributed by atoms with Crippen LogP contribution in [0.3, 0.4) is 0 Å². The minimum Gasteiger partial charge on any atom is -0.423 e. The number of rotatable bonds is 2.